The zero-order chi connectivity index (χ0) is 17.9. The number of hydrogen-bond acceptors (Lipinski definition) is 5. The molecule has 1 aromatic rings. The zero-order valence-corrected chi connectivity index (χ0v) is 15.7. The molecule has 1 amide bonds. The number of primary sulfonamides is 1. The largest absolute Gasteiger partial charge is 0.390 e. The summed E-state index contributed by atoms with van der Waals surface area (Å²) in [7, 11) is -3.69. The summed E-state index contributed by atoms with van der Waals surface area (Å²) < 4.78 is 22.7. The average molecular weight is 385 g/mol. The lowest BCUT2D eigenvalue weighted by Gasteiger charge is -2.60. The summed E-state index contributed by atoms with van der Waals surface area (Å²) in [6, 6.07) is 3.15. The maximum Gasteiger partial charge on any atom is 0.247 e. The van der Waals surface area contributed by atoms with Gasteiger partial charge in [-0.25, -0.2) is 13.6 Å². The van der Waals surface area contributed by atoms with Gasteiger partial charge in [-0.2, -0.15) is 0 Å². The molecule has 138 valence electrons. The van der Waals surface area contributed by atoms with Crippen LogP contribution in [0.5, 0.6) is 0 Å². The predicted octanol–water partition coefficient (Wildman–Crippen LogP) is 1.73. The molecule has 1 heterocycles. The first-order valence-electron chi connectivity index (χ1n) is 8.75. The van der Waals surface area contributed by atoms with Crippen LogP contribution in [-0.4, -0.2) is 25.0 Å². The van der Waals surface area contributed by atoms with Crippen molar-refractivity contribution in [2.75, 3.05) is 0 Å². The SMILES string of the molecule is NS(=O)(=O)c1ccc(CNC(=O)CC23CC4CC(CC(O)(C4)C2)C3)s1. The molecule has 4 aliphatic rings. The number of thiophene rings is 1. The van der Waals surface area contributed by atoms with Gasteiger partial charge in [0.15, 0.2) is 0 Å². The molecule has 0 spiro atoms. The van der Waals surface area contributed by atoms with E-state index < -0.39 is 15.6 Å². The molecule has 1 aromatic heterocycles. The number of amides is 1. The molecule has 4 N–H and O–H groups in total. The van der Waals surface area contributed by atoms with E-state index in [1.807, 2.05) is 0 Å². The van der Waals surface area contributed by atoms with Gasteiger partial charge in [0.05, 0.1) is 12.1 Å². The van der Waals surface area contributed by atoms with E-state index >= 15 is 0 Å². The third-order valence-electron chi connectivity index (χ3n) is 6.06. The fourth-order valence-electron chi connectivity index (χ4n) is 5.80. The minimum atomic E-state index is -3.69. The van der Waals surface area contributed by atoms with Crippen LogP contribution in [0.3, 0.4) is 0 Å². The second-order valence-electron chi connectivity index (χ2n) is 8.40. The molecule has 4 saturated carbocycles. The molecule has 4 bridgehead atoms. The van der Waals surface area contributed by atoms with Crippen molar-refractivity contribution >= 4 is 27.3 Å². The summed E-state index contributed by atoms with van der Waals surface area (Å²) in [6.07, 6.45) is 6.31. The highest BCUT2D eigenvalue weighted by atomic mass is 32.2. The van der Waals surface area contributed by atoms with Crippen LogP contribution in [0, 0.1) is 17.3 Å². The molecule has 2 atom stereocenters. The van der Waals surface area contributed by atoms with E-state index in [0.29, 0.717) is 24.8 Å². The van der Waals surface area contributed by atoms with Crippen LogP contribution in [0.2, 0.25) is 0 Å². The molecule has 8 heteroatoms. The Morgan fingerprint density at radius 3 is 2.52 bits per heavy atom. The molecule has 4 aliphatic carbocycles. The Bertz CT molecular complexity index is 787. The molecule has 0 aromatic carbocycles. The van der Waals surface area contributed by atoms with Crippen molar-refractivity contribution in [3.63, 3.8) is 0 Å². The number of carbonyl (C=O) groups is 1. The lowest BCUT2D eigenvalue weighted by atomic mass is 9.47. The quantitative estimate of drug-likeness (QED) is 0.718. The third-order valence-corrected chi connectivity index (χ3v) is 8.59. The first kappa shape index (κ1) is 17.5. The smallest absolute Gasteiger partial charge is 0.247 e. The molecule has 0 saturated heterocycles. The maximum absolute atomic E-state index is 12.5. The second-order valence-corrected chi connectivity index (χ2v) is 11.4. The summed E-state index contributed by atoms with van der Waals surface area (Å²) >= 11 is 1.08. The molecule has 2 unspecified atom stereocenters. The van der Waals surface area contributed by atoms with Gasteiger partial charge in [0.2, 0.25) is 15.9 Å². The van der Waals surface area contributed by atoms with Crippen molar-refractivity contribution in [3.05, 3.63) is 17.0 Å². The van der Waals surface area contributed by atoms with Gasteiger partial charge in [-0.1, -0.05) is 0 Å². The van der Waals surface area contributed by atoms with Gasteiger partial charge >= 0.3 is 0 Å². The number of nitrogens with one attached hydrogen (secondary N) is 1. The molecular formula is C17H24N2O4S2. The van der Waals surface area contributed by atoms with E-state index in [4.69, 9.17) is 5.14 Å². The molecule has 25 heavy (non-hydrogen) atoms. The molecule has 6 nitrogen and oxygen atoms in total. The topological polar surface area (TPSA) is 109 Å². The van der Waals surface area contributed by atoms with Crippen molar-refractivity contribution in [1.82, 2.24) is 5.32 Å². The van der Waals surface area contributed by atoms with Crippen LogP contribution in [0.4, 0.5) is 0 Å². The van der Waals surface area contributed by atoms with Gasteiger partial charge in [0, 0.05) is 11.3 Å². The number of sulfonamides is 1. The number of aliphatic hydroxyl groups is 1. The Morgan fingerprint density at radius 2 is 1.96 bits per heavy atom. The molecule has 0 radical (unpaired) electrons. The van der Waals surface area contributed by atoms with Crippen molar-refractivity contribution in [2.45, 2.75) is 61.3 Å². The zero-order valence-electron chi connectivity index (χ0n) is 14.0. The highest BCUT2D eigenvalue weighted by Crippen LogP contribution is 2.62. The van der Waals surface area contributed by atoms with Gasteiger partial charge in [0.25, 0.3) is 0 Å². The van der Waals surface area contributed by atoms with E-state index in [1.165, 1.54) is 12.5 Å². The van der Waals surface area contributed by atoms with E-state index in [9.17, 15) is 18.3 Å². The van der Waals surface area contributed by atoms with Crippen molar-refractivity contribution in [3.8, 4) is 0 Å². The maximum atomic E-state index is 12.5. The summed E-state index contributed by atoms with van der Waals surface area (Å²) in [5.74, 6) is 1.11. The molecule has 4 fully saturated rings. The van der Waals surface area contributed by atoms with Gasteiger partial charge in [-0.3, -0.25) is 4.79 Å². The third kappa shape index (κ3) is 3.49. The summed E-state index contributed by atoms with van der Waals surface area (Å²) in [6.45, 7) is 0.312. The monoisotopic (exact) mass is 384 g/mol. The predicted molar refractivity (Wildman–Crippen MR) is 94.2 cm³/mol. The summed E-state index contributed by atoms with van der Waals surface area (Å²) in [5, 5.41) is 18.8. The summed E-state index contributed by atoms with van der Waals surface area (Å²) in [5.41, 5.74) is -0.605. The molecular weight excluding hydrogens is 360 g/mol. The van der Waals surface area contributed by atoms with Crippen molar-refractivity contribution in [1.29, 1.82) is 0 Å². The van der Waals surface area contributed by atoms with Crippen LogP contribution in [-0.2, 0) is 21.4 Å². The van der Waals surface area contributed by atoms with Gasteiger partial charge in [-0.05, 0) is 67.9 Å². The van der Waals surface area contributed by atoms with Gasteiger partial charge in [-0.15, -0.1) is 11.3 Å². The number of carbonyl (C=O) groups excluding carboxylic acids is 1. The van der Waals surface area contributed by atoms with Crippen molar-refractivity contribution < 1.29 is 18.3 Å². The Labute approximate surface area is 151 Å². The van der Waals surface area contributed by atoms with E-state index in [-0.39, 0.29) is 15.5 Å². The van der Waals surface area contributed by atoms with E-state index in [1.54, 1.807) is 6.07 Å². The standard InChI is InChI=1S/C17H24N2O4S2/c18-25(22,23)15-2-1-13(24-15)9-19-14(20)8-16-4-11-3-12(5-16)7-17(21,6-11)10-16/h1-2,11-12,21H,3-10H2,(H,19,20)(H2,18,22,23). The van der Waals surface area contributed by atoms with Crippen LogP contribution >= 0.6 is 11.3 Å². The highest BCUT2D eigenvalue weighted by molar-refractivity contribution is 7.91. The Hall–Kier alpha value is -0.960. The summed E-state index contributed by atoms with van der Waals surface area (Å²) in [4.78, 5) is 13.2. The number of rotatable bonds is 5. The second kappa shape index (κ2) is 5.77. The highest BCUT2D eigenvalue weighted by Gasteiger charge is 2.57. The van der Waals surface area contributed by atoms with Crippen LogP contribution in [0.15, 0.2) is 16.3 Å². The fourth-order valence-corrected chi connectivity index (χ4v) is 7.52. The van der Waals surface area contributed by atoms with Gasteiger partial charge in [0.1, 0.15) is 4.21 Å². The van der Waals surface area contributed by atoms with Crippen LogP contribution < -0.4 is 10.5 Å². The normalized spacial score (nSPS) is 36.6. The number of nitrogens with two attached hydrogens (primary N) is 1. The first-order chi connectivity index (χ1) is 11.6. The Morgan fingerprint density at radius 1 is 1.28 bits per heavy atom. The number of hydrogen-bond donors (Lipinski definition) is 3. The minimum Gasteiger partial charge on any atom is -0.390 e. The average Bonchev–Trinajstić information content (AvgIpc) is 2.90. The van der Waals surface area contributed by atoms with Crippen molar-refractivity contribution in [2.24, 2.45) is 22.4 Å². The Kier molecular flexibility index (Phi) is 4.03. The van der Waals surface area contributed by atoms with Crippen LogP contribution in [0.1, 0.15) is 49.8 Å². The lowest BCUT2D eigenvalue weighted by molar-refractivity contribution is -0.169. The first-order valence-corrected chi connectivity index (χ1v) is 11.1. The lowest BCUT2D eigenvalue weighted by Crippen LogP contribution is -2.56. The van der Waals surface area contributed by atoms with Gasteiger partial charge < -0.3 is 10.4 Å². The van der Waals surface area contributed by atoms with E-state index in [2.05, 4.69) is 5.32 Å². The minimum absolute atomic E-state index is 0.0175. The van der Waals surface area contributed by atoms with Crippen LogP contribution in [0.25, 0.3) is 0 Å². The van der Waals surface area contributed by atoms with E-state index in [0.717, 1.165) is 48.3 Å². The molecule has 0 aliphatic heterocycles. The Balaban J connectivity index is 1.37. The fraction of sp³-hybridized carbons (Fsp3) is 0.706. The molecule has 5 rings (SSSR count).